The Labute approximate surface area is 86.9 Å². The van der Waals surface area contributed by atoms with Crippen molar-refractivity contribution in [2.24, 2.45) is 5.41 Å². The van der Waals surface area contributed by atoms with Crippen LogP contribution in [0.5, 0.6) is 0 Å². The Hall–Kier alpha value is -0.570. The SMILES string of the molecule is C[C@H]1CN(C(=O)CC(C)(C)C)CCN1. The molecule has 1 rings (SSSR count). The number of amides is 1. The van der Waals surface area contributed by atoms with Crippen LogP contribution in [0.4, 0.5) is 0 Å². The molecule has 1 atom stereocenters. The molecule has 1 N–H and O–H groups in total. The zero-order chi connectivity index (χ0) is 10.8. The van der Waals surface area contributed by atoms with E-state index in [1.54, 1.807) is 0 Å². The van der Waals surface area contributed by atoms with Crippen LogP contribution in [0.15, 0.2) is 0 Å². The van der Waals surface area contributed by atoms with Gasteiger partial charge in [-0.05, 0) is 12.3 Å². The van der Waals surface area contributed by atoms with Crippen LogP contribution in [0, 0.1) is 5.41 Å². The van der Waals surface area contributed by atoms with Gasteiger partial charge in [-0.15, -0.1) is 0 Å². The van der Waals surface area contributed by atoms with E-state index in [1.807, 2.05) is 4.90 Å². The van der Waals surface area contributed by atoms with E-state index in [0.717, 1.165) is 19.6 Å². The van der Waals surface area contributed by atoms with E-state index < -0.39 is 0 Å². The van der Waals surface area contributed by atoms with Gasteiger partial charge in [-0.25, -0.2) is 0 Å². The smallest absolute Gasteiger partial charge is 0.223 e. The normalized spacial score (nSPS) is 23.7. The summed E-state index contributed by atoms with van der Waals surface area (Å²) < 4.78 is 0. The lowest BCUT2D eigenvalue weighted by molar-refractivity contribution is -0.134. The highest BCUT2D eigenvalue weighted by Crippen LogP contribution is 2.20. The summed E-state index contributed by atoms with van der Waals surface area (Å²) in [4.78, 5) is 13.8. The van der Waals surface area contributed by atoms with Crippen LogP contribution in [0.1, 0.15) is 34.1 Å². The fraction of sp³-hybridized carbons (Fsp3) is 0.909. The lowest BCUT2D eigenvalue weighted by Gasteiger charge is -2.33. The van der Waals surface area contributed by atoms with Gasteiger partial charge in [0.25, 0.3) is 0 Å². The van der Waals surface area contributed by atoms with Crippen molar-refractivity contribution in [3.05, 3.63) is 0 Å². The number of carbonyl (C=O) groups is 1. The first-order valence-corrected chi connectivity index (χ1v) is 5.40. The summed E-state index contributed by atoms with van der Waals surface area (Å²) in [7, 11) is 0. The van der Waals surface area contributed by atoms with Crippen LogP contribution in [0.25, 0.3) is 0 Å². The highest BCUT2D eigenvalue weighted by atomic mass is 16.2. The fourth-order valence-corrected chi connectivity index (χ4v) is 1.72. The Bertz CT molecular complexity index is 208. The van der Waals surface area contributed by atoms with E-state index in [1.165, 1.54) is 0 Å². The molecular weight excluding hydrogens is 176 g/mol. The summed E-state index contributed by atoms with van der Waals surface area (Å²) in [6, 6.07) is 0.438. The maximum atomic E-state index is 11.9. The molecular formula is C11H22N2O. The topological polar surface area (TPSA) is 32.3 Å². The molecule has 1 saturated heterocycles. The third-order valence-corrected chi connectivity index (χ3v) is 2.40. The number of nitrogens with one attached hydrogen (secondary N) is 1. The number of nitrogens with zero attached hydrogens (tertiary/aromatic N) is 1. The van der Waals surface area contributed by atoms with E-state index in [-0.39, 0.29) is 5.41 Å². The predicted octanol–water partition coefficient (Wildman–Crippen LogP) is 1.24. The van der Waals surface area contributed by atoms with Crippen molar-refractivity contribution in [2.45, 2.75) is 40.2 Å². The number of piperazine rings is 1. The van der Waals surface area contributed by atoms with E-state index in [9.17, 15) is 4.79 Å². The molecule has 0 aromatic rings. The standard InChI is InChI=1S/C11H22N2O/c1-9-8-13(6-5-12-9)10(14)7-11(2,3)4/h9,12H,5-8H2,1-4H3/t9-/m0/s1. The van der Waals surface area contributed by atoms with Gasteiger partial charge < -0.3 is 10.2 Å². The second kappa shape index (κ2) is 4.30. The van der Waals surface area contributed by atoms with Crippen LogP contribution in [-0.2, 0) is 4.79 Å². The summed E-state index contributed by atoms with van der Waals surface area (Å²) in [5, 5.41) is 3.34. The van der Waals surface area contributed by atoms with Crippen LogP contribution < -0.4 is 5.32 Å². The average molecular weight is 198 g/mol. The molecule has 1 heterocycles. The van der Waals surface area contributed by atoms with Crippen LogP contribution >= 0.6 is 0 Å². The molecule has 0 aliphatic carbocycles. The highest BCUT2D eigenvalue weighted by Gasteiger charge is 2.24. The molecule has 0 radical (unpaired) electrons. The Morgan fingerprint density at radius 2 is 2.14 bits per heavy atom. The Morgan fingerprint density at radius 1 is 1.50 bits per heavy atom. The zero-order valence-electron chi connectivity index (χ0n) is 9.76. The second-order valence-electron chi connectivity index (χ2n) is 5.43. The maximum Gasteiger partial charge on any atom is 0.223 e. The molecule has 82 valence electrons. The minimum atomic E-state index is 0.102. The first-order valence-electron chi connectivity index (χ1n) is 5.40. The molecule has 1 aliphatic heterocycles. The number of hydrogen-bond acceptors (Lipinski definition) is 2. The molecule has 14 heavy (non-hydrogen) atoms. The van der Waals surface area contributed by atoms with Gasteiger partial charge in [-0.1, -0.05) is 20.8 Å². The molecule has 3 nitrogen and oxygen atoms in total. The first-order chi connectivity index (χ1) is 6.38. The van der Waals surface area contributed by atoms with Crippen molar-refractivity contribution in [1.82, 2.24) is 10.2 Å². The first kappa shape index (κ1) is 11.5. The Morgan fingerprint density at radius 3 is 2.64 bits per heavy atom. The van der Waals surface area contributed by atoms with E-state index >= 15 is 0 Å². The van der Waals surface area contributed by atoms with Crippen molar-refractivity contribution in [1.29, 1.82) is 0 Å². The van der Waals surface area contributed by atoms with Gasteiger partial charge in [0.1, 0.15) is 0 Å². The number of carbonyl (C=O) groups excluding carboxylic acids is 1. The minimum absolute atomic E-state index is 0.102. The van der Waals surface area contributed by atoms with Crippen molar-refractivity contribution in [3.63, 3.8) is 0 Å². The molecule has 0 spiro atoms. The second-order valence-corrected chi connectivity index (χ2v) is 5.43. The summed E-state index contributed by atoms with van der Waals surface area (Å²) in [6.07, 6.45) is 0.652. The highest BCUT2D eigenvalue weighted by molar-refractivity contribution is 5.77. The van der Waals surface area contributed by atoms with Gasteiger partial charge >= 0.3 is 0 Å². The quantitative estimate of drug-likeness (QED) is 0.687. The summed E-state index contributed by atoms with van der Waals surface area (Å²) in [5.41, 5.74) is 0.102. The van der Waals surface area contributed by atoms with Crippen molar-refractivity contribution in [3.8, 4) is 0 Å². The van der Waals surface area contributed by atoms with Crippen molar-refractivity contribution >= 4 is 5.91 Å². The van der Waals surface area contributed by atoms with Crippen molar-refractivity contribution < 1.29 is 4.79 Å². The van der Waals surface area contributed by atoms with Crippen LogP contribution in [-0.4, -0.2) is 36.5 Å². The lowest BCUT2D eigenvalue weighted by Crippen LogP contribution is -2.51. The largest absolute Gasteiger partial charge is 0.340 e. The zero-order valence-corrected chi connectivity index (χ0v) is 9.76. The molecule has 3 heteroatoms. The lowest BCUT2D eigenvalue weighted by atomic mass is 9.91. The van der Waals surface area contributed by atoms with E-state index in [0.29, 0.717) is 18.4 Å². The maximum absolute atomic E-state index is 11.9. The van der Waals surface area contributed by atoms with Crippen molar-refractivity contribution in [2.75, 3.05) is 19.6 Å². The number of hydrogen-bond donors (Lipinski definition) is 1. The average Bonchev–Trinajstić information content (AvgIpc) is 2.01. The summed E-state index contributed by atoms with van der Waals surface area (Å²) >= 11 is 0. The molecule has 1 aliphatic rings. The molecule has 0 aromatic heterocycles. The fourth-order valence-electron chi connectivity index (χ4n) is 1.72. The van der Waals surface area contributed by atoms with Gasteiger partial charge in [-0.3, -0.25) is 4.79 Å². The molecule has 0 bridgehead atoms. The Balaban J connectivity index is 2.44. The van der Waals surface area contributed by atoms with Gasteiger partial charge in [0, 0.05) is 32.1 Å². The molecule has 1 fully saturated rings. The third-order valence-electron chi connectivity index (χ3n) is 2.40. The van der Waals surface area contributed by atoms with Crippen LogP contribution in [0.2, 0.25) is 0 Å². The predicted molar refractivity (Wildman–Crippen MR) is 58.1 cm³/mol. The Kier molecular flexibility index (Phi) is 3.53. The molecule has 0 aromatic carbocycles. The monoisotopic (exact) mass is 198 g/mol. The summed E-state index contributed by atoms with van der Waals surface area (Å²) in [5.74, 6) is 0.297. The van der Waals surface area contributed by atoms with Gasteiger partial charge in [-0.2, -0.15) is 0 Å². The van der Waals surface area contributed by atoms with Crippen LogP contribution in [0.3, 0.4) is 0 Å². The van der Waals surface area contributed by atoms with E-state index in [4.69, 9.17) is 0 Å². The molecule has 0 unspecified atom stereocenters. The van der Waals surface area contributed by atoms with Gasteiger partial charge in [0.2, 0.25) is 5.91 Å². The third kappa shape index (κ3) is 3.66. The van der Waals surface area contributed by atoms with E-state index in [2.05, 4.69) is 33.0 Å². The van der Waals surface area contributed by atoms with Gasteiger partial charge in [0.05, 0.1) is 0 Å². The number of rotatable bonds is 1. The van der Waals surface area contributed by atoms with Gasteiger partial charge in [0.15, 0.2) is 0 Å². The molecule has 1 amide bonds. The summed E-state index contributed by atoms with van der Waals surface area (Å²) in [6.45, 7) is 11.1. The minimum Gasteiger partial charge on any atom is -0.340 e. The molecule has 0 saturated carbocycles.